The number of para-hydroxylation sites is 1. The first kappa shape index (κ1) is 21.3. The van der Waals surface area contributed by atoms with Crippen molar-refractivity contribution >= 4 is 17.3 Å². The molecule has 4 aromatic rings. The normalized spacial score (nSPS) is 14.3. The summed E-state index contributed by atoms with van der Waals surface area (Å²) in [6.45, 7) is 6.99. The minimum atomic E-state index is -0.271. The van der Waals surface area contributed by atoms with Crippen LogP contribution in [-0.4, -0.2) is 45.8 Å². The van der Waals surface area contributed by atoms with Crippen molar-refractivity contribution in [2.75, 3.05) is 36.0 Å². The van der Waals surface area contributed by atoms with Crippen LogP contribution < -0.4 is 9.80 Å². The average molecular weight is 449 g/mol. The molecule has 1 aliphatic heterocycles. The molecule has 33 heavy (non-hydrogen) atoms. The van der Waals surface area contributed by atoms with E-state index in [4.69, 9.17) is 5.10 Å². The summed E-state index contributed by atoms with van der Waals surface area (Å²) in [7, 11) is 0. The van der Waals surface area contributed by atoms with Gasteiger partial charge in [-0.1, -0.05) is 31.2 Å². The van der Waals surface area contributed by atoms with Gasteiger partial charge in [0.25, 0.3) is 5.78 Å². The van der Waals surface area contributed by atoms with Crippen molar-refractivity contribution in [1.82, 2.24) is 19.6 Å². The number of fused-ring (bicyclic) bond motifs is 1. The fraction of sp³-hybridized carbons (Fsp3) is 0.320. The summed E-state index contributed by atoms with van der Waals surface area (Å²) in [5.41, 5.74) is 3.52. The Hall–Kier alpha value is -3.55. The number of rotatable bonds is 5. The Morgan fingerprint density at radius 2 is 1.67 bits per heavy atom. The summed E-state index contributed by atoms with van der Waals surface area (Å²) in [4.78, 5) is 13.7. The van der Waals surface area contributed by atoms with Crippen molar-refractivity contribution in [1.29, 1.82) is 0 Å². The molecule has 6 nitrogen and oxygen atoms in total. The summed E-state index contributed by atoms with van der Waals surface area (Å²) in [6, 6.07) is 13.4. The van der Waals surface area contributed by atoms with E-state index >= 15 is 0 Å². The minimum absolute atomic E-state index is 0.194. The van der Waals surface area contributed by atoms with Crippen LogP contribution in [0.5, 0.6) is 0 Å². The first-order valence-electron chi connectivity index (χ1n) is 11.3. The van der Waals surface area contributed by atoms with Crippen molar-refractivity contribution in [2.24, 2.45) is 0 Å². The quantitative estimate of drug-likeness (QED) is 0.458. The van der Waals surface area contributed by atoms with E-state index in [-0.39, 0.29) is 11.6 Å². The third-order valence-electron chi connectivity index (χ3n) is 6.19. The van der Waals surface area contributed by atoms with E-state index < -0.39 is 0 Å². The van der Waals surface area contributed by atoms with Crippen LogP contribution >= 0.6 is 0 Å². The lowest BCUT2D eigenvalue weighted by molar-refractivity contribution is 0.592. The molecule has 0 N–H and O–H groups in total. The fourth-order valence-corrected chi connectivity index (χ4v) is 4.58. The zero-order chi connectivity index (χ0) is 22.9. The zero-order valence-electron chi connectivity index (χ0n) is 18.8. The van der Waals surface area contributed by atoms with Crippen molar-refractivity contribution in [2.45, 2.75) is 26.7 Å². The van der Waals surface area contributed by atoms with Gasteiger partial charge >= 0.3 is 0 Å². The van der Waals surface area contributed by atoms with Crippen molar-refractivity contribution in [3.8, 4) is 0 Å². The van der Waals surface area contributed by atoms with Crippen LogP contribution in [0.15, 0.2) is 48.5 Å². The standard InChI is InChI=1S/C25H26F2N6/c1-3-20-17(2)28-25-29-23(16-18-7-6-8-19(26)15-18)30-33(25)24(20)32-13-11-31(12-14-32)22-10-5-4-9-21(22)27/h4-10,15H,3,11-14,16H2,1-2H3. The van der Waals surface area contributed by atoms with Gasteiger partial charge in [-0.05, 0) is 43.2 Å². The van der Waals surface area contributed by atoms with Crippen molar-refractivity contribution < 1.29 is 8.78 Å². The van der Waals surface area contributed by atoms with Gasteiger partial charge in [0.05, 0.1) is 5.69 Å². The Morgan fingerprint density at radius 1 is 0.909 bits per heavy atom. The molecule has 0 unspecified atom stereocenters. The molecular formula is C25H26F2N6. The van der Waals surface area contributed by atoms with Gasteiger partial charge in [-0.2, -0.15) is 9.50 Å². The third kappa shape index (κ3) is 4.13. The molecule has 1 fully saturated rings. The van der Waals surface area contributed by atoms with Crippen LogP contribution in [0.4, 0.5) is 20.3 Å². The Kier molecular flexibility index (Phi) is 5.66. The predicted molar refractivity (Wildman–Crippen MR) is 125 cm³/mol. The molecule has 0 amide bonds. The first-order chi connectivity index (χ1) is 16.0. The number of benzene rings is 2. The van der Waals surface area contributed by atoms with Crippen molar-refractivity contribution in [3.05, 3.63) is 82.8 Å². The average Bonchev–Trinajstić information content (AvgIpc) is 3.20. The van der Waals surface area contributed by atoms with E-state index in [0.29, 0.717) is 36.8 Å². The van der Waals surface area contributed by atoms with Crippen LogP contribution in [0.3, 0.4) is 0 Å². The van der Waals surface area contributed by atoms with Crippen LogP contribution in [-0.2, 0) is 12.8 Å². The number of aromatic nitrogens is 4. The summed E-state index contributed by atoms with van der Waals surface area (Å²) in [6.07, 6.45) is 1.25. The second-order valence-electron chi connectivity index (χ2n) is 8.32. The molecule has 0 radical (unpaired) electrons. The highest BCUT2D eigenvalue weighted by Crippen LogP contribution is 2.27. The number of nitrogens with zero attached hydrogens (tertiary/aromatic N) is 6. The molecule has 2 aromatic carbocycles. The predicted octanol–water partition coefficient (Wildman–Crippen LogP) is 4.19. The highest BCUT2D eigenvalue weighted by atomic mass is 19.1. The van der Waals surface area contributed by atoms with Crippen molar-refractivity contribution in [3.63, 3.8) is 0 Å². The maximum absolute atomic E-state index is 14.3. The molecule has 5 rings (SSSR count). The Labute approximate surface area is 191 Å². The zero-order valence-corrected chi connectivity index (χ0v) is 18.8. The molecule has 170 valence electrons. The van der Waals surface area contributed by atoms with E-state index in [1.165, 1.54) is 18.2 Å². The van der Waals surface area contributed by atoms with Gasteiger partial charge in [0.15, 0.2) is 5.82 Å². The lowest BCUT2D eigenvalue weighted by Crippen LogP contribution is -2.47. The lowest BCUT2D eigenvalue weighted by atomic mass is 10.1. The van der Waals surface area contributed by atoms with E-state index in [1.807, 2.05) is 29.6 Å². The van der Waals surface area contributed by atoms with Gasteiger partial charge in [0.1, 0.15) is 17.5 Å². The minimum Gasteiger partial charge on any atom is -0.366 e. The second kappa shape index (κ2) is 8.77. The van der Waals surface area contributed by atoms with E-state index in [0.717, 1.165) is 42.1 Å². The van der Waals surface area contributed by atoms with Crippen LogP contribution in [0, 0.1) is 18.6 Å². The van der Waals surface area contributed by atoms with Gasteiger partial charge in [-0.3, -0.25) is 0 Å². The van der Waals surface area contributed by atoms with Gasteiger partial charge in [-0.15, -0.1) is 5.10 Å². The number of aryl methyl sites for hydroxylation is 1. The highest BCUT2D eigenvalue weighted by Gasteiger charge is 2.25. The van der Waals surface area contributed by atoms with Gasteiger partial charge in [-0.25, -0.2) is 13.8 Å². The van der Waals surface area contributed by atoms with Gasteiger partial charge < -0.3 is 9.80 Å². The monoisotopic (exact) mass is 448 g/mol. The van der Waals surface area contributed by atoms with Crippen LogP contribution in [0.1, 0.15) is 29.6 Å². The molecule has 0 aliphatic carbocycles. The number of halogens is 2. The summed E-state index contributed by atoms with van der Waals surface area (Å²) >= 11 is 0. The first-order valence-corrected chi connectivity index (χ1v) is 11.3. The number of hydrogen-bond donors (Lipinski definition) is 0. The van der Waals surface area contributed by atoms with Crippen LogP contribution in [0.25, 0.3) is 5.78 Å². The summed E-state index contributed by atoms with van der Waals surface area (Å²) in [5.74, 6) is 1.67. The number of anilines is 2. The summed E-state index contributed by atoms with van der Waals surface area (Å²) < 4.78 is 29.7. The van der Waals surface area contributed by atoms with E-state index in [1.54, 1.807) is 12.1 Å². The Morgan fingerprint density at radius 3 is 2.39 bits per heavy atom. The smallest absolute Gasteiger partial charge is 0.254 e. The lowest BCUT2D eigenvalue weighted by Gasteiger charge is -2.38. The molecule has 0 bridgehead atoms. The molecule has 0 saturated carbocycles. The molecule has 0 atom stereocenters. The maximum Gasteiger partial charge on any atom is 0.254 e. The van der Waals surface area contributed by atoms with E-state index in [2.05, 4.69) is 26.7 Å². The molecule has 8 heteroatoms. The topological polar surface area (TPSA) is 49.6 Å². The maximum atomic E-state index is 14.3. The molecule has 2 aromatic heterocycles. The fourth-order valence-electron chi connectivity index (χ4n) is 4.58. The largest absolute Gasteiger partial charge is 0.366 e. The number of hydrogen-bond acceptors (Lipinski definition) is 5. The molecule has 1 aliphatic rings. The SMILES string of the molecule is CCc1c(C)nc2nc(Cc3cccc(F)c3)nn2c1N1CCN(c2ccccc2F)CC1. The summed E-state index contributed by atoms with van der Waals surface area (Å²) in [5, 5.41) is 4.76. The molecule has 0 spiro atoms. The highest BCUT2D eigenvalue weighted by molar-refractivity contribution is 5.57. The molecular weight excluding hydrogens is 422 g/mol. The van der Waals surface area contributed by atoms with Crippen LogP contribution in [0.2, 0.25) is 0 Å². The third-order valence-corrected chi connectivity index (χ3v) is 6.19. The second-order valence-corrected chi connectivity index (χ2v) is 8.32. The number of piperazine rings is 1. The van der Waals surface area contributed by atoms with Gasteiger partial charge in [0, 0.05) is 43.9 Å². The Balaban J connectivity index is 1.46. The molecule has 3 heterocycles. The molecule has 1 saturated heterocycles. The van der Waals surface area contributed by atoms with Gasteiger partial charge in [0.2, 0.25) is 0 Å². The Bertz CT molecular complexity index is 1290. The van der Waals surface area contributed by atoms with E-state index in [9.17, 15) is 8.78 Å².